The molecule has 11 heteroatoms. The third-order valence-electron chi connectivity index (χ3n) is 3.87. The summed E-state index contributed by atoms with van der Waals surface area (Å²) < 4.78 is 38.0. The molecule has 8 nitrogen and oxygen atoms in total. The van der Waals surface area contributed by atoms with E-state index in [2.05, 4.69) is 20.8 Å². The van der Waals surface area contributed by atoms with Gasteiger partial charge in [0.1, 0.15) is 5.69 Å². The van der Waals surface area contributed by atoms with Crippen molar-refractivity contribution in [2.75, 3.05) is 12.0 Å². The molecule has 0 spiro atoms. The van der Waals surface area contributed by atoms with Gasteiger partial charge in [-0.1, -0.05) is 27.2 Å². The lowest BCUT2D eigenvalue weighted by Crippen LogP contribution is -2.42. The number of aromatic nitrogens is 2. The first-order chi connectivity index (χ1) is 12.5. The number of nitrogens with one attached hydrogen (secondary N) is 2. The molecule has 0 bridgehead atoms. The van der Waals surface area contributed by atoms with Crippen molar-refractivity contribution in [2.45, 2.75) is 46.2 Å². The molecule has 27 heavy (non-hydrogen) atoms. The zero-order chi connectivity index (χ0) is 20.7. The second kappa shape index (κ2) is 9.49. The molecule has 3 N–H and O–H groups in total. The SMILES string of the molecule is CCCC(C)(C)CC(CN(O)C=O)C(=O)NNc1nccc(C(F)(F)F)n1. The van der Waals surface area contributed by atoms with Gasteiger partial charge in [-0.15, -0.1) is 0 Å². The van der Waals surface area contributed by atoms with Crippen LogP contribution in [0, 0.1) is 11.3 Å². The number of rotatable bonds is 10. The van der Waals surface area contributed by atoms with Crippen LogP contribution >= 0.6 is 0 Å². The lowest BCUT2D eigenvalue weighted by atomic mass is 9.79. The summed E-state index contributed by atoms with van der Waals surface area (Å²) in [7, 11) is 0. The zero-order valence-electron chi connectivity index (χ0n) is 15.4. The molecule has 0 saturated heterocycles. The molecule has 0 aliphatic heterocycles. The van der Waals surface area contributed by atoms with Crippen molar-refractivity contribution >= 4 is 18.3 Å². The Balaban J connectivity index is 2.82. The number of hydrogen-bond donors (Lipinski definition) is 3. The molecular formula is C16H24F3N5O3. The summed E-state index contributed by atoms with van der Waals surface area (Å²) in [4.78, 5) is 30.0. The first-order valence-electron chi connectivity index (χ1n) is 8.35. The summed E-state index contributed by atoms with van der Waals surface area (Å²) in [5, 5.41) is 9.78. The number of carbonyl (C=O) groups is 2. The molecule has 0 aromatic carbocycles. The van der Waals surface area contributed by atoms with Crippen LogP contribution in [0.1, 0.15) is 45.7 Å². The highest BCUT2D eigenvalue weighted by Gasteiger charge is 2.33. The van der Waals surface area contributed by atoms with Gasteiger partial charge in [-0.25, -0.2) is 15.0 Å². The van der Waals surface area contributed by atoms with E-state index in [-0.39, 0.29) is 18.4 Å². The fourth-order valence-electron chi connectivity index (χ4n) is 2.75. The Morgan fingerprint density at radius 3 is 2.63 bits per heavy atom. The van der Waals surface area contributed by atoms with Crippen molar-refractivity contribution in [3.05, 3.63) is 18.0 Å². The van der Waals surface area contributed by atoms with Crippen LogP contribution in [-0.2, 0) is 15.8 Å². The molecule has 0 aliphatic carbocycles. The van der Waals surface area contributed by atoms with Crippen molar-refractivity contribution in [1.29, 1.82) is 0 Å². The summed E-state index contributed by atoms with van der Waals surface area (Å²) >= 11 is 0. The van der Waals surface area contributed by atoms with Gasteiger partial charge in [0.25, 0.3) is 0 Å². The number of nitrogens with zero attached hydrogens (tertiary/aromatic N) is 3. The van der Waals surface area contributed by atoms with Gasteiger partial charge >= 0.3 is 6.18 Å². The van der Waals surface area contributed by atoms with Crippen LogP contribution in [0.3, 0.4) is 0 Å². The van der Waals surface area contributed by atoms with Crippen molar-refractivity contribution in [1.82, 2.24) is 20.5 Å². The van der Waals surface area contributed by atoms with Crippen LogP contribution in [-0.4, -0.2) is 39.1 Å². The monoisotopic (exact) mass is 391 g/mol. The number of hydrazine groups is 1. The van der Waals surface area contributed by atoms with Crippen LogP contribution in [0.2, 0.25) is 0 Å². The number of carbonyl (C=O) groups excluding carboxylic acids is 2. The molecule has 0 saturated carbocycles. The van der Waals surface area contributed by atoms with Crippen molar-refractivity contribution in [3.8, 4) is 0 Å². The average Bonchev–Trinajstić information content (AvgIpc) is 2.58. The van der Waals surface area contributed by atoms with E-state index < -0.39 is 29.6 Å². The third kappa shape index (κ3) is 7.77. The minimum Gasteiger partial charge on any atom is -0.286 e. The Morgan fingerprint density at radius 1 is 1.41 bits per heavy atom. The first kappa shape index (κ1) is 22.6. The molecule has 1 heterocycles. The first-order valence-corrected chi connectivity index (χ1v) is 8.35. The molecule has 1 rings (SSSR count). The Labute approximate surface area is 155 Å². The molecule has 0 radical (unpaired) electrons. The second-order valence-corrected chi connectivity index (χ2v) is 6.92. The molecular weight excluding hydrogens is 367 g/mol. The Morgan fingerprint density at radius 2 is 2.07 bits per heavy atom. The highest BCUT2D eigenvalue weighted by Crippen LogP contribution is 2.31. The smallest absolute Gasteiger partial charge is 0.286 e. The van der Waals surface area contributed by atoms with E-state index in [1.165, 1.54) is 0 Å². The van der Waals surface area contributed by atoms with Gasteiger partial charge in [0.05, 0.1) is 12.5 Å². The lowest BCUT2D eigenvalue weighted by Gasteiger charge is -2.29. The highest BCUT2D eigenvalue weighted by molar-refractivity contribution is 5.80. The number of amides is 2. The molecule has 152 valence electrons. The Bertz CT molecular complexity index is 640. The molecule has 1 atom stereocenters. The summed E-state index contributed by atoms with van der Waals surface area (Å²) in [6.45, 7) is 5.63. The van der Waals surface area contributed by atoms with Crippen LogP contribution in [0.4, 0.5) is 19.1 Å². The van der Waals surface area contributed by atoms with E-state index in [9.17, 15) is 28.0 Å². The largest absolute Gasteiger partial charge is 0.433 e. The predicted octanol–water partition coefficient (Wildman–Crippen LogP) is 2.62. The topological polar surface area (TPSA) is 107 Å². The summed E-state index contributed by atoms with van der Waals surface area (Å²) in [5.41, 5.74) is 3.07. The van der Waals surface area contributed by atoms with Crippen molar-refractivity contribution < 1.29 is 28.0 Å². The summed E-state index contributed by atoms with van der Waals surface area (Å²) in [5.74, 6) is -1.83. The Hall–Kier alpha value is -2.43. The van der Waals surface area contributed by atoms with Gasteiger partial charge in [0.15, 0.2) is 0 Å². The number of halogens is 3. The van der Waals surface area contributed by atoms with E-state index in [4.69, 9.17) is 0 Å². The fourth-order valence-corrected chi connectivity index (χ4v) is 2.75. The van der Waals surface area contributed by atoms with Gasteiger partial charge in [0.2, 0.25) is 18.3 Å². The molecule has 0 aliphatic rings. The summed E-state index contributed by atoms with van der Waals surface area (Å²) in [6.07, 6.45) is -1.51. The number of anilines is 1. The molecule has 2 amide bonds. The van der Waals surface area contributed by atoms with Crippen molar-refractivity contribution in [3.63, 3.8) is 0 Å². The van der Waals surface area contributed by atoms with Crippen LogP contribution in [0.25, 0.3) is 0 Å². The minimum atomic E-state index is -4.64. The molecule has 1 aromatic heterocycles. The third-order valence-corrected chi connectivity index (χ3v) is 3.87. The fraction of sp³-hybridized carbons (Fsp3) is 0.625. The van der Waals surface area contributed by atoms with Crippen LogP contribution < -0.4 is 10.9 Å². The van der Waals surface area contributed by atoms with E-state index in [0.29, 0.717) is 17.6 Å². The van der Waals surface area contributed by atoms with E-state index in [0.717, 1.165) is 19.0 Å². The molecule has 1 unspecified atom stereocenters. The van der Waals surface area contributed by atoms with Crippen LogP contribution in [0.5, 0.6) is 0 Å². The van der Waals surface area contributed by atoms with Gasteiger partial charge in [-0.05, 0) is 24.3 Å². The van der Waals surface area contributed by atoms with Gasteiger partial charge in [0, 0.05) is 6.20 Å². The van der Waals surface area contributed by atoms with Crippen LogP contribution in [0.15, 0.2) is 12.3 Å². The normalized spacial score (nSPS) is 13.0. The maximum absolute atomic E-state index is 12.7. The molecule has 0 fully saturated rings. The van der Waals surface area contributed by atoms with Gasteiger partial charge in [-0.3, -0.25) is 25.6 Å². The number of alkyl halides is 3. The Kier molecular flexibility index (Phi) is 7.95. The second-order valence-electron chi connectivity index (χ2n) is 6.92. The number of hydrogen-bond acceptors (Lipinski definition) is 6. The van der Waals surface area contributed by atoms with E-state index in [1.54, 1.807) is 0 Å². The summed E-state index contributed by atoms with van der Waals surface area (Å²) in [6, 6.07) is 0.705. The predicted molar refractivity (Wildman–Crippen MR) is 90.2 cm³/mol. The van der Waals surface area contributed by atoms with Crippen molar-refractivity contribution in [2.24, 2.45) is 11.3 Å². The highest BCUT2D eigenvalue weighted by atomic mass is 19.4. The zero-order valence-corrected chi connectivity index (χ0v) is 15.4. The molecule has 1 aromatic rings. The lowest BCUT2D eigenvalue weighted by molar-refractivity contribution is -0.155. The maximum atomic E-state index is 12.7. The van der Waals surface area contributed by atoms with Gasteiger partial charge in [-0.2, -0.15) is 13.2 Å². The average molecular weight is 391 g/mol. The van der Waals surface area contributed by atoms with Gasteiger partial charge < -0.3 is 0 Å². The maximum Gasteiger partial charge on any atom is 0.433 e. The minimum absolute atomic E-state index is 0.177. The van der Waals surface area contributed by atoms with E-state index in [1.807, 2.05) is 20.8 Å². The number of hydroxylamine groups is 2. The standard InChI is InChI=1S/C16H24F3N5O3/c1-4-6-15(2,3)8-11(9-24(27)10-25)13(26)22-23-14-20-7-5-12(21-14)16(17,18)19/h5,7,10-11,27H,4,6,8-9H2,1-3H3,(H,22,26)(H,20,21,23). The quantitative estimate of drug-likeness (QED) is 0.322. The van der Waals surface area contributed by atoms with E-state index >= 15 is 0 Å².